The molecule has 1 amide bonds. The molecule has 0 atom stereocenters. The predicted octanol–water partition coefficient (Wildman–Crippen LogP) is 3.38. The first-order chi connectivity index (χ1) is 9.70. The van der Waals surface area contributed by atoms with Gasteiger partial charge in [0.05, 0.1) is 6.42 Å². The maximum Gasteiger partial charge on any atom is 0.226 e. The van der Waals surface area contributed by atoms with E-state index in [0.29, 0.717) is 0 Å². The molecule has 2 aromatic rings. The third kappa shape index (κ3) is 3.83. The molecule has 108 valence electrons. The van der Waals surface area contributed by atoms with Gasteiger partial charge in [0.2, 0.25) is 5.91 Å². The number of amides is 1. The Morgan fingerprint density at radius 3 is 2.95 bits per heavy atom. The normalized spacial score (nSPS) is 10.9. The van der Waals surface area contributed by atoms with Crippen molar-refractivity contribution in [3.63, 3.8) is 0 Å². The maximum atomic E-state index is 11.9. The molecule has 0 aliphatic carbocycles. The fourth-order valence-electron chi connectivity index (χ4n) is 2.22. The van der Waals surface area contributed by atoms with Crippen molar-refractivity contribution in [2.24, 2.45) is 0 Å². The Kier molecular flexibility index (Phi) is 5.16. The van der Waals surface area contributed by atoms with Crippen LogP contribution in [0.5, 0.6) is 0 Å². The molecular weight excluding hydrogens is 252 g/mol. The van der Waals surface area contributed by atoms with E-state index in [1.165, 1.54) is 19.3 Å². The van der Waals surface area contributed by atoms with Crippen molar-refractivity contribution >= 4 is 16.9 Å². The predicted molar refractivity (Wildman–Crippen MR) is 79.6 cm³/mol. The number of carbonyl (C=O) groups is 1. The van der Waals surface area contributed by atoms with Crippen LogP contribution in [-0.2, 0) is 11.2 Å². The largest absolute Gasteiger partial charge is 0.356 e. The summed E-state index contributed by atoms with van der Waals surface area (Å²) in [6.07, 6.45) is 4.92. The average molecular weight is 274 g/mol. The second-order valence-electron chi connectivity index (χ2n) is 5.22. The van der Waals surface area contributed by atoms with E-state index in [2.05, 4.69) is 17.4 Å². The zero-order valence-electron chi connectivity index (χ0n) is 12.2. The number of unbranched alkanes of at least 4 members (excludes halogenated alkanes) is 3. The Balaban J connectivity index is 1.88. The van der Waals surface area contributed by atoms with Gasteiger partial charge in [-0.15, -0.1) is 0 Å². The highest BCUT2D eigenvalue weighted by molar-refractivity contribution is 5.86. The molecule has 1 aromatic heterocycles. The lowest BCUT2D eigenvalue weighted by atomic mass is 10.1. The maximum absolute atomic E-state index is 11.9. The summed E-state index contributed by atoms with van der Waals surface area (Å²) >= 11 is 0. The third-order valence-corrected chi connectivity index (χ3v) is 3.38. The molecule has 1 N–H and O–H groups in total. The number of carbonyl (C=O) groups excluding carboxylic acids is 1. The van der Waals surface area contributed by atoms with E-state index in [1.54, 1.807) is 0 Å². The summed E-state index contributed by atoms with van der Waals surface area (Å²) in [6.45, 7) is 4.94. The van der Waals surface area contributed by atoms with Crippen molar-refractivity contribution < 1.29 is 9.32 Å². The van der Waals surface area contributed by atoms with Gasteiger partial charge in [-0.05, 0) is 25.5 Å². The molecule has 4 heteroatoms. The lowest BCUT2D eigenvalue weighted by molar-refractivity contribution is -0.120. The highest BCUT2D eigenvalue weighted by Crippen LogP contribution is 2.20. The van der Waals surface area contributed by atoms with E-state index < -0.39 is 0 Å². The van der Waals surface area contributed by atoms with Crippen LogP contribution in [0.3, 0.4) is 0 Å². The van der Waals surface area contributed by atoms with Gasteiger partial charge in [-0.3, -0.25) is 4.79 Å². The molecule has 20 heavy (non-hydrogen) atoms. The summed E-state index contributed by atoms with van der Waals surface area (Å²) in [5, 5.41) is 7.87. The van der Waals surface area contributed by atoms with Crippen molar-refractivity contribution in [2.75, 3.05) is 6.54 Å². The van der Waals surface area contributed by atoms with Gasteiger partial charge in [-0.1, -0.05) is 43.0 Å². The standard InChI is InChI=1S/C16H22N2O2/c1-3-4-5-6-9-17-16(19)11-14-13-10-12(2)7-8-15(13)20-18-14/h7-8,10H,3-6,9,11H2,1-2H3,(H,17,19). The van der Waals surface area contributed by atoms with Crippen LogP contribution in [0.15, 0.2) is 22.7 Å². The molecular formula is C16H22N2O2. The van der Waals surface area contributed by atoms with Gasteiger partial charge in [-0.25, -0.2) is 0 Å². The number of hydrogen-bond acceptors (Lipinski definition) is 3. The monoisotopic (exact) mass is 274 g/mol. The molecule has 0 saturated carbocycles. The molecule has 0 fully saturated rings. The van der Waals surface area contributed by atoms with Gasteiger partial charge in [0, 0.05) is 11.9 Å². The van der Waals surface area contributed by atoms with Crippen LogP contribution in [-0.4, -0.2) is 17.6 Å². The summed E-state index contributed by atoms with van der Waals surface area (Å²) in [5.41, 5.74) is 2.60. The lowest BCUT2D eigenvalue weighted by Gasteiger charge is -2.03. The smallest absolute Gasteiger partial charge is 0.226 e. The number of rotatable bonds is 7. The summed E-state index contributed by atoms with van der Waals surface area (Å²) in [5.74, 6) is 0.0122. The van der Waals surface area contributed by atoms with Crippen LogP contribution in [0.2, 0.25) is 0 Å². The van der Waals surface area contributed by atoms with Crippen LogP contribution in [0, 0.1) is 6.92 Å². The van der Waals surface area contributed by atoms with Crippen LogP contribution in [0.1, 0.15) is 43.9 Å². The van der Waals surface area contributed by atoms with Crippen LogP contribution in [0.4, 0.5) is 0 Å². The molecule has 1 aromatic carbocycles. The minimum Gasteiger partial charge on any atom is -0.356 e. The Bertz CT molecular complexity index is 575. The first-order valence-corrected chi connectivity index (χ1v) is 7.32. The SMILES string of the molecule is CCCCCCNC(=O)Cc1noc2ccc(C)cc12. The van der Waals surface area contributed by atoms with Gasteiger partial charge in [0.15, 0.2) is 5.58 Å². The van der Waals surface area contributed by atoms with E-state index in [9.17, 15) is 4.79 Å². The molecule has 0 aliphatic heterocycles. The minimum atomic E-state index is 0.0122. The zero-order chi connectivity index (χ0) is 14.4. The van der Waals surface area contributed by atoms with E-state index in [-0.39, 0.29) is 12.3 Å². The molecule has 4 nitrogen and oxygen atoms in total. The number of aromatic nitrogens is 1. The second kappa shape index (κ2) is 7.08. The highest BCUT2D eigenvalue weighted by atomic mass is 16.5. The minimum absolute atomic E-state index is 0.0122. The molecule has 0 spiro atoms. The van der Waals surface area contributed by atoms with Crippen LogP contribution < -0.4 is 5.32 Å². The molecule has 0 bridgehead atoms. The summed E-state index contributed by atoms with van der Waals surface area (Å²) in [4.78, 5) is 11.9. The molecule has 0 saturated heterocycles. The van der Waals surface area contributed by atoms with Crippen LogP contribution >= 0.6 is 0 Å². The number of benzene rings is 1. The summed E-state index contributed by atoms with van der Waals surface area (Å²) in [7, 11) is 0. The van der Waals surface area contributed by atoms with Gasteiger partial charge in [-0.2, -0.15) is 0 Å². The quantitative estimate of drug-likeness (QED) is 0.787. The number of aryl methyl sites for hydroxylation is 1. The van der Waals surface area contributed by atoms with Crippen molar-refractivity contribution in [3.8, 4) is 0 Å². The molecule has 2 rings (SSSR count). The number of hydrogen-bond donors (Lipinski definition) is 1. The van der Waals surface area contributed by atoms with Crippen molar-refractivity contribution in [2.45, 2.75) is 46.0 Å². The van der Waals surface area contributed by atoms with E-state index in [1.807, 2.05) is 25.1 Å². The van der Waals surface area contributed by atoms with Gasteiger partial charge in [0.1, 0.15) is 5.69 Å². The van der Waals surface area contributed by atoms with Crippen LogP contribution in [0.25, 0.3) is 11.0 Å². The van der Waals surface area contributed by atoms with Crippen molar-refractivity contribution in [1.82, 2.24) is 10.5 Å². The lowest BCUT2D eigenvalue weighted by Crippen LogP contribution is -2.26. The van der Waals surface area contributed by atoms with E-state index >= 15 is 0 Å². The summed E-state index contributed by atoms with van der Waals surface area (Å²) in [6, 6.07) is 5.88. The average Bonchev–Trinajstić information content (AvgIpc) is 2.81. The Hall–Kier alpha value is -1.84. The number of fused-ring (bicyclic) bond motifs is 1. The summed E-state index contributed by atoms with van der Waals surface area (Å²) < 4.78 is 5.23. The van der Waals surface area contributed by atoms with Gasteiger partial charge >= 0.3 is 0 Å². The van der Waals surface area contributed by atoms with E-state index in [4.69, 9.17) is 4.52 Å². The van der Waals surface area contributed by atoms with Crippen molar-refractivity contribution in [3.05, 3.63) is 29.5 Å². The first kappa shape index (κ1) is 14.6. The first-order valence-electron chi connectivity index (χ1n) is 7.32. The Labute approximate surface area is 119 Å². The molecule has 0 radical (unpaired) electrons. The Morgan fingerprint density at radius 2 is 2.15 bits per heavy atom. The second-order valence-corrected chi connectivity index (χ2v) is 5.22. The van der Waals surface area contributed by atoms with Crippen molar-refractivity contribution in [1.29, 1.82) is 0 Å². The Morgan fingerprint density at radius 1 is 1.30 bits per heavy atom. The number of nitrogens with zero attached hydrogens (tertiary/aromatic N) is 1. The van der Waals surface area contributed by atoms with E-state index in [0.717, 1.165) is 35.2 Å². The highest BCUT2D eigenvalue weighted by Gasteiger charge is 2.12. The zero-order valence-corrected chi connectivity index (χ0v) is 12.2. The fourth-order valence-corrected chi connectivity index (χ4v) is 2.22. The molecule has 0 unspecified atom stereocenters. The van der Waals surface area contributed by atoms with Gasteiger partial charge < -0.3 is 9.84 Å². The topological polar surface area (TPSA) is 55.1 Å². The molecule has 0 aliphatic rings. The van der Waals surface area contributed by atoms with Gasteiger partial charge in [0.25, 0.3) is 0 Å². The molecule has 1 heterocycles. The number of nitrogens with one attached hydrogen (secondary N) is 1. The fraction of sp³-hybridized carbons (Fsp3) is 0.500. The third-order valence-electron chi connectivity index (χ3n) is 3.38.